The number of hydrogen-bond acceptors (Lipinski definition) is 6. The normalized spacial score (nSPS) is 17.8. The molecule has 0 atom stereocenters. The number of thioether (sulfide) groups is 1. The van der Waals surface area contributed by atoms with Gasteiger partial charge in [0.25, 0.3) is 0 Å². The van der Waals surface area contributed by atoms with Crippen molar-refractivity contribution in [1.29, 1.82) is 0 Å². The predicted octanol–water partition coefficient (Wildman–Crippen LogP) is 2.23. The molecule has 0 aromatic heterocycles. The summed E-state index contributed by atoms with van der Waals surface area (Å²) in [6, 6.07) is 4.89. The van der Waals surface area contributed by atoms with Crippen LogP contribution < -0.4 is 10.2 Å². The summed E-state index contributed by atoms with van der Waals surface area (Å²) in [5.74, 6) is -0.252. The molecule has 0 bridgehead atoms. The first kappa shape index (κ1) is 24.0. The minimum Gasteiger partial charge on any atom is -0.382 e. The fourth-order valence-corrected chi connectivity index (χ4v) is 6.15. The van der Waals surface area contributed by atoms with Crippen LogP contribution in [0.1, 0.15) is 39.0 Å². The lowest BCUT2D eigenvalue weighted by molar-refractivity contribution is -0.123. The van der Waals surface area contributed by atoms with E-state index in [9.17, 15) is 18.0 Å². The van der Waals surface area contributed by atoms with Gasteiger partial charge >= 0.3 is 0 Å². The number of rotatable bonds is 9. The average Bonchev–Trinajstić information content (AvgIpc) is 3.05. The molecule has 2 heterocycles. The van der Waals surface area contributed by atoms with Crippen LogP contribution in [0.15, 0.2) is 28.0 Å². The first-order chi connectivity index (χ1) is 14.9. The number of nitrogens with zero attached hydrogens (tertiary/aromatic N) is 2. The van der Waals surface area contributed by atoms with E-state index in [0.29, 0.717) is 45.0 Å². The Morgan fingerprint density at radius 3 is 2.65 bits per heavy atom. The number of ether oxygens (including phenoxy) is 1. The van der Waals surface area contributed by atoms with E-state index in [4.69, 9.17) is 4.74 Å². The molecule has 1 N–H and O–H groups in total. The smallest absolute Gasteiger partial charge is 0.243 e. The van der Waals surface area contributed by atoms with Crippen LogP contribution in [0.4, 0.5) is 5.69 Å². The van der Waals surface area contributed by atoms with Gasteiger partial charge in [0.15, 0.2) is 0 Å². The van der Waals surface area contributed by atoms with E-state index in [1.807, 2.05) is 6.92 Å². The molecule has 0 radical (unpaired) electrons. The number of anilines is 1. The number of benzene rings is 1. The molecule has 0 spiro atoms. The van der Waals surface area contributed by atoms with Gasteiger partial charge in [0.1, 0.15) is 6.54 Å². The number of amides is 2. The molecule has 1 aromatic rings. The minimum absolute atomic E-state index is 0.131. The van der Waals surface area contributed by atoms with Gasteiger partial charge in [-0.25, -0.2) is 8.42 Å². The molecule has 0 aliphatic carbocycles. The van der Waals surface area contributed by atoms with Gasteiger partial charge in [-0.15, -0.1) is 11.8 Å². The van der Waals surface area contributed by atoms with Crippen molar-refractivity contribution in [3.63, 3.8) is 0 Å². The van der Waals surface area contributed by atoms with Gasteiger partial charge in [0, 0.05) is 37.7 Å². The Hall–Kier alpha value is -1.62. The molecule has 3 rings (SSSR count). The molecule has 1 saturated heterocycles. The quantitative estimate of drug-likeness (QED) is 0.557. The van der Waals surface area contributed by atoms with Crippen molar-refractivity contribution in [2.45, 2.75) is 48.8 Å². The van der Waals surface area contributed by atoms with E-state index in [-0.39, 0.29) is 29.0 Å². The monoisotopic (exact) mass is 469 g/mol. The van der Waals surface area contributed by atoms with Crippen molar-refractivity contribution in [2.24, 2.45) is 0 Å². The molecule has 1 aromatic carbocycles. The second-order valence-corrected chi connectivity index (χ2v) is 10.6. The molecule has 0 unspecified atom stereocenters. The summed E-state index contributed by atoms with van der Waals surface area (Å²) in [6.45, 7) is 4.48. The molecule has 8 nitrogen and oxygen atoms in total. The van der Waals surface area contributed by atoms with Gasteiger partial charge in [-0.05, 0) is 44.4 Å². The minimum atomic E-state index is -3.64. The lowest BCUT2D eigenvalue weighted by Crippen LogP contribution is -2.43. The topological polar surface area (TPSA) is 96.0 Å². The Morgan fingerprint density at radius 2 is 1.94 bits per heavy atom. The van der Waals surface area contributed by atoms with Gasteiger partial charge in [-0.3, -0.25) is 9.59 Å². The van der Waals surface area contributed by atoms with Crippen molar-refractivity contribution in [3.05, 3.63) is 18.2 Å². The zero-order chi connectivity index (χ0) is 22.3. The van der Waals surface area contributed by atoms with Gasteiger partial charge < -0.3 is 15.0 Å². The summed E-state index contributed by atoms with van der Waals surface area (Å²) < 4.78 is 33.2. The largest absolute Gasteiger partial charge is 0.382 e. The maximum Gasteiger partial charge on any atom is 0.243 e. The number of carbonyl (C=O) groups is 2. The van der Waals surface area contributed by atoms with E-state index in [0.717, 1.165) is 30.6 Å². The lowest BCUT2D eigenvalue weighted by Gasteiger charge is -2.29. The summed E-state index contributed by atoms with van der Waals surface area (Å²) in [6.07, 6.45) is 4.48. The molecule has 2 amide bonds. The maximum atomic E-state index is 13.2. The Labute approximate surface area is 188 Å². The van der Waals surface area contributed by atoms with Crippen molar-refractivity contribution < 1.29 is 22.7 Å². The molecular weight excluding hydrogens is 438 g/mol. The highest BCUT2D eigenvalue weighted by molar-refractivity contribution is 8.00. The first-order valence-electron chi connectivity index (χ1n) is 10.9. The van der Waals surface area contributed by atoms with Crippen LogP contribution in [0.3, 0.4) is 0 Å². The molecular formula is C21H31N3O5S2. The summed E-state index contributed by atoms with van der Waals surface area (Å²) >= 11 is 1.36. The van der Waals surface area contributed by atoms with Gasteiger partial charge in [0.05, 0.1) is 16.3 Å². The number of fused-ring (bicyclic) bond motifs is 1. The van der Waals surface area contributed by atoms with Crippen molar-refractivity contribution in [2.75, 3.05) is 50.0 Å². The van der Waals surface area contributed by atoms with Gasteiger partial charge in [-0.2, -0.15) is 4.31 Å². The third-order valence-electron chi connectivity index (χ3n) is 5.37. The summed E-state index contributed by atoms with van der Waals surface area (Å²) in [5, 5.41) is 2.80. The second kappa shape index (κ2) is 11.3. The zero-order valence-electron chi connectivity index (χ0n) is 18.0. The highest BCUT2D eigenvalue weighted by Gasteiger charge is 2.30. The van der Waals surface area contributed by atoms with Gasteiger partial charge in [0.2, 0.25) is 21.8 Å². The third kappa shape index (κ3) is 6.21. The van der Waals surface area contributed by atoms with E-state index < -0.39 is 10.0 Å². The molecule has 172 valence electrons. The Morgan fingerprint density at radius 1 is 1.19 bits per heavy atom. The number of nitrogens with one attached hydrogen (secondary N) is 1. The lowest BCUT2D eigenvalue weighted by atomic mass is 10.2. The number of carbonyl (C=O) groups excluding carboxylic acids is 2. The van der Waals surface area contributed by atoms with Crippen molar-refractivity contribution in [3.8, 4) is 0 Å². The standard InChI is InChI=1S/C21H31N3O5S2/c1-2-29-13-7-10-22-20(25)15-24-18-14-17(8-9-19(18)30-16-21(24)26)31(27,28)23-11-5-3-4-6-12-23/h8-9,14H,2-7,10-13,15-16H2,1H3,(H,22,25). The van der Waals surface area contributed by atoms with Crippen LogP contribution >= 0.6 is 11.8 Å². The van der Waals surface area contributed by atoms with E-state index in [1.54, 1.807) is 18.2 Å². The van der Waals surface area contributed by atoms with Gasteiger partial charge in [-0.1, -0.05) is 12.8 Å². The van der Waals surface area contributed by atoms with Crippen LogP contribution in [-0.4, -0.2) is 69.7 Å². The summed E-state index contributed by atoms with van der Waals surface area (Å²) in [4.78, 5) is 27.3. The fraction of sp³-hybridized carbons (Fsp3) is 0.619. The second-order valence-electron chi connectivity index (χ2n) is 7.62. The SMILES string of the molecule is CCOCCCNC(=O)CN1C(=O)CSc2ccc(S(=O)(=O)N3CCCCCC3)cc21. The Kier molecular flexibility index (Phi) is 8.76. The highest BCUT2D eigenvalue weighted by Crippen LogP contribution is 2.37. The van der Waals surface area contributed by atoms with Crippen LogP contribution in [-0.2, 0) is 24.3 Å². The first-order valence-corrected chi connectivity index (χ1v) is 13.3. The average molecular weight is 470 g/mol. The van der Waals surface area contributed by atoms with E-state index in [2.05, 4.69) is 5.32 Å². The number of hydrogen-bond donors (Lipinski definition) is 1. The van der Waals surface area contributed by atoms with Crippen LogP contribution in [0.5, 0.6) is 0 Å². The van der Waals surface area contributed by atoms with Crippen molar-refractivity contribution in [1.82, 2.24) is 9.62 Å². The van der Waals surface area contributed by atoms with Crippen LogP contribution in [0.25, 0.3) is 0 Å². The van der Waals surface area contributed by atoms with E-state index >= 15 is 0 Å². The highest BCUT2D eigenvalue weighted by atomic mass is 32.2. The summed E-state index contributed by atoms with van der Waals surface area (Å²) in [7, 11) is -3.64. The Bertz CT molecular complexity index is 883. The van der Waals surface area contributed by atoms with E-state index in [1.165, 1.54) is 21.0 Å². The van der Waals surface area contributed by atoms with Crippen molar-refractivity contribution >= 4 is 39.3 Å². The number of sulfonamides is 1. The molecule has 10 heteroatoms. The molecule has 0 saturated carbocycles. The maximum absolute atomic E-state index is 13.2. The predicted molar refractivity (Wildman–Crippen MR) is 121 cm³/mol. The Balaban J connectivity index is 1.75. The van der Waals surface area contributed by atoms with Crippen LogP contribution in [0.2, 0.25) is 0 Å². The molecule has 2 aliphatic rings. The molecule has 1 fully saturated rings. The van der Waals surface area contributed by atoms with Crippen LogP contribution in [0, 0.1) is 0 Å². The fourth-order valence-electron chi connectivity index (χ4n) is 3.69. The third-order valence-corrected chi connectivity index (χ3v) is 8.31. The zero-order valence-corrected chi connectivity index (χ0v) is 19.6. The molecule has 31 heavy (non-hydrogen) atoms. The molecule has 2 aliphatic heterocycles. The summed E-state index contributed by atoms with van der Waals surface area (Å²) in [5.41, 5.74) is 0.488.